The summed E-state index contributed by atoms with van der Waals surface area (Å²) in [7, 11) is 0. The van der Waals surface area contributed by atoms with Gasteiger partial charge < -0.3 is 10.6 Å². The molecule has 0 spiro atoms. The molecule has 6 heteroatoms. The Morgan fingerprint density at radius 1 is 1.17 bits per heavy atom. The highest BCUT2D eigenvalue weighted by molar-refractivity contribution is 7.10. The lowest BCUT2D eigenvalue weighted by molar-refractivity contribution is -0.126. The van der Waals surface area contributed by atoms with Crippen LogP contribution >= 0.6 is 11.3 Å². The third-order valence-electron chi connectivity index (χ3n) is 5.58. The smallest absolute Gasteiger partial charge is 0.244 e. The molecule has 30 heavy (non-hydrogen) atoms. The third kappa shape index (κ3) is 6.54. The van der Waals surface area contributed by atoms with Crippen molar-refractivity contribution in [2.24, 2.45) is 5.92 Å². The highest BCUT2D eigenvalue weighted by Gasteiger charge is 2.26. The van der Waals surface area contributed by atoms with E-state index in [0.717, 1.165) is 24.6 Å². The second-order valence-corrected chi connectivity index (χ2v) is 8.95. The fourth-order valence-corrected chi connectivity index (χ4v) is 4.51. The minimum absolute atomic E-state index is 0.164. The van der Waals surface area contributed by atoms with E-state index < -0.39 is 6.04 Å². The van der Waals surface area contributed by atoms with E-state index in [0.29, 0.717) is 6.54 Å². The van der Waals surface area contributed by atoms with Gasteiger partial charge in [0.25, 0.3) is 0 Å². The molecule has 0 bridgehead atoms. The summed E-state index contributed by atoms with van der Waals surface area (Å²) in [5, 5.41) is 7.87. The molecule has 5 nitrogen and oxygen atoms in total. The number of nitrogens with one attached hydrogen (secondary N) is 2. The zero-order valence-electron chi connectivity index (χ0n) is 17.7. The zero-order valence-corrected chi connectivity index (χ0v) is 18.5. The molecule has 2 aromatic rings. The van der Waals surface area contributed by atoms with E-state index in [2.05, 4.69) is 40.0 Å². The lowest BCUT2D eigenvalue weighted by Crippen LogP contribution is -2.47. The van der Waals surface area contributed by atoms with Crippen LogP contribution in [0.1, 0.15) is 43.2 Å². The van der Waals surface area contributed by atoms with Gasteiger partial charge in [-0.15, -0.1) is 11.3 Å². The van der Waals surface area contributed by atoms with Crippen LogP contribution in [0.3, 0.4) is 0 Å². The molecule has 160 valence electrons. The molecule has 3 rings (SSSR count). The van der Waals surface area contributed by atoms with Crippen molar-refractivity contribution < 1.29 is 9.59 Å². The highest BCUT2D eigenvalue weighted by atomic mass is 32.1. The number of carbonyl (C=O) groups excluding carboxylic acids is 2. The molecule has 2 N–H and O–H groups in total. The lowest BCUT2D eigenvalue weighted by atomic mass is 9.97. The van der Waals surface area contributed by atoms with Crippen molar-refractivity contribution in [3.05, 3.63) is 64.4 Å². The van der Waals surface area contributed by atoms with Gasteiger partial charge in [-0.25, -0.2) is 0 Å². The van der Waals surface area contributed by atoms with Crippen molar-refractivity contribution in [1.29, 1.82) is 0 Å². The SMILES string of the molecule is CC1CCN(C(CNC(=O)C(C)NC(=O)C=Cc2ccccc2)c2cccs2)CC1. The van der Waals surface area contributed by atoms with E-state index in [1.807, 2.05) is 30.3 Å². The fourth-order valence-electron chi connectivity index (χ4n) is 3.64. The minimum Gasteiger partial charge on any atom is -0.352 e. The Kier molecular flexibility index (Phi) is 8.22. The van der Waals surface area contributed by atoms with Gasteiger partial charge in [0.2, 0.25) is 11.8 Å². The number of nitrogens with zero attached hydrogens (tertiary/aromatic N) is 1. The Bertz CT molecular complexity index is 827. The predicted octanol–water partition coefficient (Wildman–Crippen LogP) is 3.86. The highest BCUT2D eigenvalue weighted by Crippen LogP contribution is 2.29. The fraction of sp³-hybridized carbons (Fsp3) is 0.417. The molecule has 1 fully saturated rings. The monoisotopic (exact) mass is 425 g/mol. The maximum Gasteiger partial charge on any atom is 0.244 e. The van der Waals surface area contributed by atoms with Crippen molar-refractivity contribution in [3.63, 3.8) is 0 Å². The summed E-state index contributed by atoms with van der Waals surface area (Å²) in [5.74, 6) is 0.323. The maximum atomic E-state index is 12.6. The Morgan fingerprint density at radius 2 is 1.90 bits per heavy atom. The number of carbonyl (C=O) groups is 2. The van der Waals surface area contributed by atoms with E-state index in [9.17, 15) is 9.59 Å². The van der Waals surface area contributed by atoms with Gasteiger partial charge in [-0.3, -0.25) is 14.5 Å². The number of benzene rings is 1. The molecule has 1 aromatic heterocycles. The van der Waals surface area contributed by atoms with Crippen molar-refractivity contribution >= 4 is 29.2 Å². The number of thiophene rings is 1. The molecule has 0 saturated carbocycles. The van der Waals surface area contributed by atoms with E-state index >= 15 is 0 Å². The van der Waals surface area contributed by atoms with E-state index in [1.54, 1.807) is 24.3 Å². The van der Waals surface area contributed by atoms with Gasteiger partial charge in [0.15, 0.2) is 0 Å². The first-order valence-electron chi connectivity index (χ1n) is 10.6. The molecule has 1 saturated heterocycles. The van der Waals surface area contributed by atoms with Crippen molar-refractivity contribution in [3.8, 4) is 0 Å². The average Bonchev–Trinajstić information content (AvgIpc) is 3.29. The first-order valence-corrected chi connectivity index (χ1v) is 11.5. The molecule has 1 aromatic carbocycles. The average molecular weight is 426 g/mol. The molecular formula is C24H31N3O2S. The van der Waals surface area contributed by atoms with E-state index in [-0.39, 0.29) is 17.9 Å². The summed E-state index contributed by atoms with van der Waals surface area (Å²) in [6, 6.07) is 13.4. The Hall–Kier alpha value is -2.44. The number of hydrogen-bond acceptors (Lipinski definition) is 4. The van der Waals surface area contributed by atoms with Crippen LogP contribution in [0.4, 0.5) is 0 Å². The Labute approximate surface area is 183 Å². The van der Waals surface area contributed by atoms with Crippen LogP contribution in [0.25, 0.3) is 6.08 Å². The predicted molar refractivity (Wildman–Crippen MR) is 123 cm³/mol. The van der Waals surface area contributed by atoms with Crippen LogP contribution in [-0.2, 0) is 9.59 Å². The first-order chi connectivity index (χ1) is 14.5. The number of likely N-dealkylation sites (tertiary alicyclic amines) is 1. The van der Waals surface area contributed by atoms with E-state index in [1.165, 1.54) is 23.8 Å². The molecule has 2 heterocycles. The van der Waals surface area contributed by atoms with Gasteiger partial charge in [0.1, 0.15) is 6.04 Å². The van der Waals surface area contributed by atoms with Crippen molar-refractivity contribution in [2.45, 2.75) is 38.8 Å². The summed E-state index contributed by atoms with van der Waals surface area (Å²) in [6.07, 6.45) is 5.58. The largest absolute Gasteiger partial charge is 0.352 e. The van der Waals surface area contributed by atoms with Crippen LogP contribution in [-0.4, -0.2) is 42.4 Å². The standard InChI is InChI=1S/C24H31N3O2S/c1-18-12-14-27(15-13-18)21(22-9-6-16-30-22)17-25-24(29)19(2)26-23(28)11-10-20-7-4-3-5-8-20/h3-11,16,18-19,21H,12-15,17H2,1-2H3,(H,25,29)(H,26,28). The van der Waals surface area contributed by atoms with Crippen LogP contribution in [0.2, 0.25) is 0 Å². The molecule has 1 aliphatic heterocycles. The second-order valence-electron chi connectivity index (χ2n) is 7.97. The third-order valence-corrected chi connectivity index (χ3v) is 6.55. The van der Waals surface area contributed by atoms with Gasteiger partial charge in [-0.2, -0.15) is 0 Å². The summed E-state index contributed by atoms with van der Waals surface area (Å²) in [5.41, 5.74) is 0.944. The molecule has 2 atom stereocenters. The molecule has 2 amide bonds. The van der Waals surface area contributed by atoms with Crippen LogP contribution < -0.4 is 10.6 Å². The summed E-state index contributed by atoms with van der Waals surface area (Å²) < 4.78 is 0. The molecule has 2 unspecified atom stereocenters. The number of piperidine rings is 1. The Morgan fingerprint density at radius 3 is 2.57 bits per heavy atom. The van der Waals surface area contributed by atoms with E-state index in [4.69, 9.17) is 0 Å². The normalized spacial score (nSPS) is 17.5. The summed E-state index contributed by atoms with van der Waals surface area (Å²) in [4.78, 5) is 28.5. The van der Waals surface area contributed by atoms with Gasteiger partial charge in [0.05, 0.1) is 6.04 Å². The summed E-state index contributed by atoms with van der Waals surface area (Å²) >= 11 is 1.73. The lowest BCUT2D eigenvalue weighted by Gasteiger charge is -2.36. The zero-order chi connectivity index (χ0) is 21.3. The van der Waals surface area contributed by atoms with Crippen LogP contribution in [0.5, 0.6) is 0 Å². The maximum absolute atomic E-state index is 12.6. The van der Waals surface area contributed by atoms with Crippen molar-refractivity contribution in [2.75, 3.05) is 19.6 Å². The minimum atomic E-state index is -0.594. The van der Waals surface area contributed by atoms with Gasteiger partial charge in [-0.1, -0.05) is 43.3 Å². The van der Waals surface area contributed by atoms with Gasteiger partial charge in [-0.05, 0) is 61.9 Å². The molecular weight excluding hydrogens is 394 g/mol. The molecule has 1 aliphatic rings. The topological polar surface area (TPSA) is 61.4 Å². The van der Waals surface area contributed by atoms with Crippen LogP contribution in [0.15, 0.2) is 53.9 Å². The summed E-state index contributed by atoms with van der Waals surface area (Å²) in [6.45, 7) is 6.67. The van der Waals surface area contributed by atoms with Crippen molar-refractivity contribution in [1.82, 2.24) is 15.5 Å². The number of rotatable bonds is 8. The van der Waals surface area contributed by atoms with Crippen LogP contribution in [0, 0.1) is 5.92 Å². The van der Waals surface area contributed by atoms with Gasteiger partial charge in [0, 0.05) is 17.5 Å². The number of amides is 2. The quantitative estimate of drug-likeness (QED) is 0.632. The number of hydrogen-bond donors (Lipinski definition) is 2. The second kappa shape index (κ2) is 11.1. The first kappa shape index (κ1) is 22.2. The van der Waals surface area contributed by atoms with Gasteiger partial charge >= 0.3 is 0 Å². The Balaban J connectivity index is 1.51. The molecule has 0 radical (unpaired) electrons. The molecule has 0 aliphatic carbocycles.